The zero-order valence-corrected chi connectivity index (χ0v) is 24.1. The molecule has 0 bridgehead atoms. The summed E-state index contributed by atoms with van der Waals surface area (Å²) in [6.07, 6.45) is 7.95. The summed E-state index contributed by atoms with van der Waals surface area (Å²) in [6, 6.07) is 9.73. The van der Waals surface area contributed by atoms with E-state index in [0.29, 0.717) is 11.6 Å². The van der Waals surface area contributed by atoms with Crippen LogP contribution in [0.5, 0.6) is 0 Å². The molecule has 41 heavy (non-hydrogen) atoms. The number of carbonyl (C=O) groups excluding carboxylic acids is 2. The smallest absolute Gasteiger partial charge is 0.283 e. The Morgan fingerprint density at radius 3 is 2.44 bits per heavy atom. The van der Waals surface area contributed by atoms with Crippen molar-refractivity contribution < 1.29 is 22.7 Å². The molecule has 11 nitrogen and oxygen atoms in total. The number of fused-ring (bicyclic) bond motifs is 1. The monoisotopic (exact) mass is 580 g/mol. The number of amides is 2. The van der Waals surface area contributed by atoms with E-state index in [-0.39, 0.29) is 24.3 Å². The van der Waals surface area contributed by atoms with E-state index < -0.39 is 15.9 Å². The Bertz CT molecular complexity index is 1550. The van der Waals surface area contributed by atoms with Gasteiger partial charge < -0.3 is 14.5 Å². The minimum Gasteiger partial charge on any atom is -0.371 e. The van der Waals surface area contributed by atoms with Crippen molar-refractivity contribution in [1.29, 1.82) is 0 Å². The lowest BCUT2D eigenvalue weighted by Gasteiger charge is -2.35. The molecule has 2 aliphatic heterocycles. The summed E-state index contributed by atoms with van der Waals surface area (Å²) in [7, 11) is -3.76. The molecular weight excluding hydrogens is 544 g/mol. The number of aromatic amines is 1. The van der Waals surface area contributed by atoms with Crippen molar-refractivity contribution in [2.75, 3.05) is 43.9 Å². The van der Waals surface area contributed by atoms with Crippen molar-refractivity contribution in [1.82, 2.24) is 24.8 Å². The quantitative estimate of drug-likeness (QED) is 0.415. The number of likely N-dealkylation sites (tertiary alicyclic amines) is 1. The van der Waals surface area contributed by atoms with Crippen LogP contribution in [-0.4, -0.2) is 85.5 Å². The third kappa shape index (κ3) is 5.94. The number of para-hydroxylation sites is 1. The van der Waals surface area contributed by atoms with E-state index >= 15 is 0 Å². The van der Waals surface area contributed by atoms with Gasteiger partial charge in [0.1, 0.15) is 12.3 Å². The number of nitrogens with one attached hydrogen (secondary N) is 2. The summed E-state index contributed by atoms with van der Waals surface area (Å²) < 4.78 is 31.6. The molecule has 1 aromatic carbocycles. The number of hydrogen-bond acceptors (Lipinski definition) is 8. The maximum absolute atomic E-state index is 12.9. The lowest BCUT2D eigenvalue weighted by atomic mass is 9.81. The van der Waals surface area contributed by atoms with Crippen molar-refractivity contribution in [3.63, 3.8) is 0 Å². The fourth-order valence-corrected chi connectivity index (χ4v) is 6.51. The van der Waals surface area contributed by atoms with Gasteiger partial charge >= 0.3 is 0 Å². The molecule has 2 amide bonds. The van der Waals surface area contributed by atoms with Crippen LogP contribution in [-0.2, 0) is 19.6 Å². The minimum absolute atomic E-state index is 0.00585. The van der Waals surface area contributed by atoms with Gasteiger partial charge in [-0.25, -0.2) is 18.1 Å². The molecule has 2 N–H and O–H groups in total. The van der Waals surface area contributed by atoms with Gasteiger partial charge in [-0.2, -0.15) is 5.10 Å². The Morgan fingerprint density at radius 2 is 1.76 bits per heavy atom. The van der Waals surface area contributed by atoms with E-state index in [1.165, 1.54) is 0 Å². The van der Waals surface area contributed by atoms with E-state index in [1.54, 1.807) is 6.07 Å². The van der Waals surface area contributed by atoms with Crippen molar-refractivity contribution in [3.05, 3.63) is 41.7 Å². The highest BCUT2D eigenvalue weighted by molar-refractivity contribution is 7.89. The normalized spacial score (nSPS) is 18.6. The molecule has 0 spiro atoms. The second-order valence-electron chi connectivity index (χ2n) is 11.3. The van der Waals surface area contributed by atoms with Crippen LogP contribution in [0.25, 0.3) is 22.2 Å². The van der Waals surface area contributed by atoms with E-state index in [9.17, 15) is 18.0 Å². The molecule has 1 saturated carbocycles. The number of ether oxygens (including phenoxy) is 1. The standard InChI is InChI=1S/C29H36N6O5S/c1-41(38,39)33-29(37)23-17-22(26-27(19-7-6-8-19)31-32-28(26)30-23)21-9-2-3-10-24(21)34-15-11-20(12-16-34)40-18-25(36)35-13-4-5-14-35/h2-3,9-10,17,19-20H,4-8,11-16,18H2,1H3,(H,33,37)(H,30,31,32). The van der Waals surface area contributed by atoms with E-state index in [4.69, 9.17) is 4.74 Å². The summed E-state index contributed by atoms with van der Waals surface area (Å²) >= 11 is 0. The van der Waals surface area contributed by atoms with Crippen LogP contribution >= 0.6 is 0 Å². The molecule has 6 rings (SSSR count). The topological polar surface area (TPSA) is 138 Å². The molecule has 1 aliphatic carbocycles. The Balaban J connectivity index is 1.28. The second kappa shape index (κ2) is 11.4. The molecule has 12 heteroatoms. The number of anilines is 1. The number of sulfonamides is 1. The van der Waals surface area contributed by atoms with Gasteiger partial charge in [0.25, 0.3) is 5.91 Å². The van der Waals surface area contributed by atoms with Gasteiger partial charge in [0.2, 0.25) is 15.9 Å². The first kappa shape index (κ1) is 27.6. The van der Waals surface area contributed by atoms with E-state index in [1.807, 2.05) is 27.8 Å². The summed E-state index contributed by atoms with van der Waals surface area (Å²) in [6.45, 7) is 3.32. The maximum Gasteiger partial charge on any atom is 0.283 e. The molecule has 2 aromatic heterocycles. The molecule has 2 saturated heterocycles. The van der Waals surface area contributed by atoms with Crippen LogP contribution in [0.2, 0.25) is 0 Å². The van der Waals surface area contributed by atoms with Gasteiger partial charge in [-0.1, -0.05) is 24.6 Å². The number of nitrogens with zero attached hydrogens (tertiary/aromatic N) is 4. The number of piperidine rings is 1. The average Bonchev–Trinajstić information content (AvgIpc) is 3.61. The molecule has 3 aromatic rings. The Morgan fingerprint density at radius 1 is 1.02 bits per heavy atom. The first-order valence-electron chi connectivity index (χ1n) is 14.4. The van der Waals surface area contributed by atoms with Crippen molar-refractivity contribution in [3.8, 4) is 11.1 Å². The first-order chi connectivity index (χ1) is 19.8. The fourth-order valence-electron chi connectivity index (χ4n) is 6.07. The van der Waals surface area contributed by atoms with Gasteiger partial charge in [0, 0.05) is 43.3 Å². The third-order valence-corrected chi connectivity index (χ3v) is 8.99. The fraction of sp³-hybridized carbons (Fsp3) is 0.517. The Hall–Kier alpha value is -3.51. The highest BCUT2D eigenvalue weighted by Crippen LogP contribution is 2.43. The lowest BCUT2D eigenvalue weighted by molar-refractivity contribution is -0.137. The van der Waals surface area contributed by atoms with Crippen LogP contribution in [0.3, 0.4) is 0 Å². The molecule has 0 radical (unpaired) electrons. The van der Waals surface area contributed by atoms with Crippen LogP contribution in [0, 0.1) is 0 Å². The second-order valence-corrected chi connectivity index (χ2v) is 13.1. The van der Waals surface area contributed by atoms with Crippen LogP contribution in [0.4, 0.5) is 5.69 Å². The summed E-state index contributed by atoms with van der Waals surface area (Å²) in [4.78, 5) is 34.0. The highest BCUT2D eigenvalue weighted by Gasteiger charge is 2.29. The van der Waals surface area contributed by atoms with Crippen molar-refractivity contribution in [2.24, 2.45) is 0 Å². The Kier molecular flexibility index (Phi) is 7.69. The number of benzene rings is 1. The number of aromatic nitrogens is 3. The number of rotatable bonds is 8. The molecule has 3 fully saturated rings. The van der Waals surface area contributed by atoms with Gasteiger partial charge in [-0.3, -0.25) is 14.7 Å². The first-order valence-corrected chi connectivity index (χ1v) is 16.3. The van der Waals surface area contributed by atoms with Gasteiger partial charge in [0.05, 0.1) is 23.4 Å². The molecule has 0 atom stereocenters. The third-order valence-electron chi connectivity index (χ3n) is 8.44. The highest BCUT2D eigenvalue weighted by atomic mass is 32.2. The Labute approximate surface area is 239 Å². The largest absolute Gasteiger partial charge is 0.371 e. The number of H-pyrrole nitrogens is 1. The molecular formula is C29H36N6O5S. The van der Waals surface area contributed by atoms with Crippen molar-refractivity contribution >= 4 is 38.6 Å². The zero-order chi connectivity index (χ0) is 28.6. The minimum atomic E-state index is -3.76. The number of pyridine rings is 1. The van der Waals surface area contributed by atoms with Crippen molar-refractivity contribution in [2.45, 2.75) is 57.0 Å². The van der Waals surface area contributed by atoms with E-state index in [0.717, 1.165) is 105 Å². The molecule has 3 aliphatic rings. The lowest BCUT2D eigenvalue weighted by Crippen LogP contribution is -2.39. The predicted molar refractivity (Wildman–Crippen MR) is 155 cm³/mol. The van der Waals surface area contributed by atoms with Gasteiger partial charge in [0.15, 0.2) is 5.65 Å². The zero-order valence-electron chi connectivity index (χ0n) is 23.3. The molecule has 0 unspecified atom stereocenters. The van der Waals surface area contributed by atoms with Crippen LogP contribution in [0.15, 0.2) is 30.3 Å². The van der Waals surface area contributed by atoms with Gasteiger partial charge in [-0.05, 0) is 56.2 Å². The van der Waals surface area contributed by atoms with Crippen LogP contribution < -0.4 is 9.62 Å². The summed E-state index contributed by atoms with van der Waals surface area (Å²) in [5, 5.41) is 8.47. The SMILES string of the molecule is CS(=O)(=O)NC(=O)c1cc(-c2ccccc2N2CCC(OCC(=O)N3CCCC3)CC2)c2c(C3CCC3)n[nH]c2n1. The van der Waals surface area contributed by atoms with Gasteiger partial charge in [-0.15, -0.1) is 0 Å². The maximum atomic E-state index is 12.9. The summed E-state index contributed by atoms with van der Waals surface area (Å²) in [5.41, 5.74) is 4.16. The average molecular weight is 581 g/mol. The summed E-state index contributed by atoms with van der Waals surface area (Å²) in [5.74, 6) is -0.382. The van der Waals surface area contributed by atoms with E-state index in [2.05, 4.69) is 26.1 Å². The molecule has 4 heterocycles. The predicted octanol–water partition coefficient (Wildman–Crippen LogP) is 3.19. The van der Waals surface area contributed by atoms with Crippen LogP contribution in [0.1, 0.15) is 67.0 Å². The molecule has 218 valence electrons. The number of carbonyl (C=O) groups is 2. The number of hydrogen-bond donors (Lipinski definition) is 2.